The molecule has 2 fully saturated rings. The van der Waals surface area contributed by atoms with Crippen LogP contribution in [0.15, 0.2) is 29.6 Å². The molecule has 2 heterocycles. The van der Waals surface area contributed by atoms with E-state index in [1.165, 1.54) is 25.8 Å². The van der Waals surface area contributed by atoms with E-state index in [2.05, 4.69) is 22.6 Å². The van der Waals surface area contributed by atoms with Crippen LogP contribution < -0.4 is 5.32 Å². The van der Waals surface area contributed by atoms with E-state index in [0.717, 1.165) is 55.0 Å². The Bertz CT molecular complexity index is 754. The minimum atomic E-state index is -0.258. The van der Waals surface area contributed by atoms with Gasteiger partial charge in [0.1, 0.15) is 5.82 Å². The second-order valence-corrected chi connectivity index (χ2v) is 9.01. The van der Waals surface area contributed by atoms with E-state index >= 15 is 0 Å². The van der Waals surface area contributed by atoms with Crippen LogP contribution in [0.5, 0.6) is 0 Å². The fourth-order valence-electron chi connectivity index (χ4n) is 4.93. The number of halogens is 1. The zero-order chi connectivity index (χ0) is 18.7. The Hall–Kier alpha value is -1.46. The average molecular weight is 388 g/mol. The molecule has 4 rings (SSSR count). The summed E-state index contributed by atoms with van der Waals surface area (Å²) in [4.78, 5) is 7.40. The van der Waals surface area contributed by atoms with Crippen molar-refractivity contribution in [3.8, 4) is 0 Å². The smallest absolute Gasteiger partial charge is 0.182 e. The van der Waals surface area contributed by atoms with Crippen LogP contribution in [0.2, 0.25) is 0 Å². The summed E-state index contributed by atoms with van der Waals surface area (Å²) in [6, 6.07) is 7.99. The van der Waals surface area contributed by atoms with Gasteiger partial charge in [-0.2, -0.15) is 0 Å². The van der Waals surface area contributed by atoms with Crippen LogP contribution in [0.4, 0.5) is 9.52 Å². The second-order valence-electron chi connectivity index (χ2n) is 8.15. The van der Waals surface area contributed by atoms with Gasteiger partial charge in [0.15, 0.2) is 5.13 Å². The summed E-state index contributed by atoms with van der Waals surface area (Å²) in [5, 5.41) is 6.66. The summed E-state index contributed by atoms with van der Waals surface area (Å²) < 4.78 is 14.7. The lowest BCUT2D eigenvalue weighted by Gasteiger charge is -2.36. The summed E-state index contributed by atoms with van der Waals surface area (Å²) in [6.45, 7) is 2.17. The number of anilines is 1. The van der Waals surface area contributed by atoms with Gasteiger partial charge in [0.05, 0.1) is 5.69 Å². The maximum atomic E-state index is 14.7. The largest absolute Gasteiger partial charge is 0.361 e. The summed E-state index contributed by atoms with van der Waals surface area (Å²) in [5.74, 6) is -0.0915. The van der Waals surface area contributed by atoms with Crippen molar-refractivity contribution in [1.82, 2.24) is 9.88 Å². The van der Waals surface area contributed by atoms with Crippen molar-refractivity contribution in [1.29, 1.82) is 0 Å². The van der Waals surface area contributed by atoms with E-state index in [0.29, 0.717) is 6.04 Å². The van der Waals surface area contributed by atoms with Gasteiger partial charge in [0.2, 0.25) is 0 Å². The van der Waals surface area contributed by atoms with Gasteiger partial charge in [0.25, 0.3) is 0 Å². The molecule has 27 heavy (non-hydrogen) atoms. The fourth-order valence-corrected chi connectivity index (χ4v) is 5.77. The lowest BCUT2D eigenvalue weighted by Crippen LogP contribution is -2.32. The fraction of sp³-hybridized carbons (Fsp3) is 0.591. The number of thiazole rings is 1. The number of hydrogen-bond donors (Lipinski definition) is 1. The number of nitrogens with zero attached hydrogens (tertiary/aromatic N) is 2. The first-order valence-electron chi connectivity index (χ1n) is 10.3. The molecule has 1 atom stereocenters. The third kappa shape index (κ3) is 3.90. The first-order valence-corrected chi connectivity index (χ1v) is 11.2. The highest BCUT2D eigenvalue weighted by Gasteiger charge is 2.39. The molecule has 0 radical (unpaired) electrons. The van der Waals surface area contributed by atoms with Crippen LogP contribution in [-0.2, 0) is 5.41 Å². The number of nitrogens with one attached hydrogen (secondary N) is 1. The van der Waals surface area contributed by atoms with Crippen molar-refractivity contribution < 1.29 is 4.39 Å². The van der Waals surface area contributed by atoms with Gasteiger partial charge >= 0.3 is 0 Å². The van der Waals surface area contributed by atoms with Crippen molar-refractivity contribution in [2.24, 2.45) is 0 Å². The maximum absolute atomic E-state index is 14.7. The molecule has 146 valence electrons. The molecular formula is C22H30FN3S. The number of hydrogen-bond acceptors (Lipinski definition) is 4. The molecule has 1 aromatic heterocycles. The molecule has 2 aliphatic rings. The predicted octanol–water partition coefficient (Wildman–Crippen LogP) is 5.43. The topological polar surface area (TPSA) is 28.2 Å². The molecule has 0 spiro atoms. The van der Waals surface area contributed by atoms with Crippen molar-refractivity contribution >= 4 is 16.5 Å². The van der Waals surface area contributed by atoms with Gasteiger partial charge < -0.3 is 10.2 Å². The molecule has 0 amide bonds. The Labute approximate surface area is 166 Å². The number of benzene rings is 1. The molecule has 1 N–H and O–H groups in total. The molecule has 3 nitrogen and oxygen atoms in total. The number of likely N-dealkylation sites (tertiary alicyclic amines) is 1. The Morgan fingerprint density at radius 3 is 2.78 bits per heavy atom. The average Bonchev–Trinajstić information content (AvgIpc) is 3.33. The minimum Gasteiger partial charge on any atom is -0.361 e. The molecule has 1 aliphatic heterocycles. The normalized spacial score (nSPS) is 22.8. The first-order chi connectivity index (χ1) is 13.2. The molecule has 1 aromatic carbocycles. The van der Waals surface area contributed by atoms with Crippen LogP contribution in [0.1, 0.15) is 62.6 Å². The first kappa shape index (κ1) is 18.9. The lowest BCUT2D eigenvalue weighted by molar-refractivity contribution is 0.301. The minimum absolute atomic E-state index is 0.0915. The molecule has 1 saturated carbocycles. The Balaban J connectivity index is 1.50. The van der Waals surface area contributed by atoms with Gasteiger partial charge in [-0.25, -0.2) is 9.37 Å². The molecule has 0 unspecified atom stereocenters. The molecular weight excluding hydrogens is 357 g/mol. The Morgan fingerprint density at radius 1 is 1.22 bits per heavy atom. The summed E-state index contributed by atoms with van der Waals surface area (Å²) in [5.41, 5.74) is 1.62. The highest BCUT2D eigenvalue weighted by Crippen LogP contribution is 2.46. The Kier molecular flexibility index (Phi) is 5.79. The molecule has 1 saturated heterocycles. The zero-order valence-corrected chi connectivity index (χ0v) is 17.0. The van der Waals surface area contributed by atoms with Crippen molar-refractivity contribution in [2.45, 2.75) is 62.8 Å². The van der Waals surface area contributed by atoms with E-state index in [4.69, 9.17) is 4.98 Å². The molecule has 5 heteroatoms. The molecule has 0 bridgehead atoms. The van der Waals surface area contributed by atoms with Gasteiger partial charge in [-0.05, 0) is 57.3 Å². The monoisotopic (exact) mass is 387 g/mol. The molecule has 2 aromatic rings. The second kappa shape index (κ2) is 8.27. The van der Waals surface area contributed by atoms with Gasteiger partial charge in [-0.15, -0.1) is 11.3 Å². The van der Waals surface area contributed by atoms with Crippen LogP contribution in [0.25, 0.3) is 0 Å². The van der Waals surface area contributed by atoms with E-state index in [-0.39, 0.29) is 11.2 Å². The quantitative estimate of drug-likeness (QED) is 0.716. The van der Waals surface area contributed by atoms with Crippen LogP contribution in [-0.4, -0.2) is 36.1 Å². The summed E-state index contributed by atoms with van der Waals surface area (Å²) in [7, 11) is 2.22. The standard InChI is InChI=1S/C22H30FN3S/c1-26-15-7-8-17(26)11-14-24-21-25-20(16-27-21)22(12-5-2-6-13-22)18-9-3-4-10-19(18)23/h3-4,9-10,16-17H,2,5-8,11-15H2,1H3,(H,24,25)/t17-/m0/s1. The van der Waals surface area contributed by atoms with Crippen LogP contribution in [0, 0.1) is 5.82 Å². The SMILES string of the molecule is CN1CCC[C@H]1CCNc1nc(C2(c3ccccc3F)CCCCC2)cs1. The van der Waals surface area contributed by atoms with Crippen molar-refractivity contribution in [2.75, 3.05) is 25.5 Å². The van der Waals surface area contributed by atoms with E-state index in [1.807, 2.05) is 12.1 Å². The predicted molar refractivity (Wildman–Crippen MR) is 111 cm³/mol. The Morgan fingerprint density at radius 2 is 2.04 bits per heavy atom. The van der Waals surface area contributed by atoms with Gasteiger partial charge in [-0.3, -0.25) is 0 Å². The highest BCUT2D eigenvalue weighted by molar-refractivity contribution is 7.13. The van der Waals surface area contributed by atoms with E-state index in [1.54, 1.807) is 23.5 Å². The van der Waals surface area contributed by atoms with E-state index < -0.39 is 0 Å². The summed E-state index contributed by atoms with van der Waals surface area (Å²) >= 11 is 1.67. The number of rotatable bonds is 6. The van der Waals surface area contributed by atoms with Crippen molar-refractivity contribution in [3.05, 3.63) is 46.7 Å². The van der Waals surface area contributed by atoms with E-state index in [9.17, 15) is 4.39 Å². The molecule has 1 aliphatic carbocycles. The number of aromatic nitrogens is 1. The van der Waals surface area contributed by atoms with Gasteiger partial charge in [0, 0.05) is 23.4 Å². The maximum Gasteiger partial charge on any atom is 0.182 e. The van der Waals surface area contributed by atoms with Crippen molar-refractivity contribution in [3.63, 3.8) is 0 Å². The van der Waals surface area contributed by atoms with Crippen LogP contribution in [0.3, 0.4) is 0 Å². The zero-order valence-electron chi connectivity index (χ0n) is 16.2. The third-order valence-corrected chi connectivity index (χ3v) is 7.32. The lowest BCUT2D eigenvalue weighted by atomic mass is 9.67. The van der Waals surface area contributed by atoms with Crippen LogP contribution >= 0.6 is 11.3 Å². The highest BCUT2D eigenvalue weighted by atomic mass is 32.1. The third-order valence-electron chi connectivity index (χ3n) is 6.52. The van der Waals surface area contributed by atoms with Gasteiger partial charge in [-0.1, -0.05) is 37.5 Å². The summed E-state index contributed by atoms with van der Waals surface area (Å²) in [6.07, 6.45) is 9.27.